The van der Waals surface area contributed by atoms with Gasteiger partial charge in [-0.3, -0.25) is 9.52 Å². The molecular weight excluding hydrogens is 928 g/mol. The lowest BCUT2D eigenvalue weighted by Crippen LogP contribution is -2.46. The van der Waals surface area contributed by atoms with Crippen molar-refractivity contribution in [3.05, 3.63) is 144 Å². The summed E-state index contributed by atoms with van der Waals surface area (Å²) in [5.41, 5.74) is 6.31. The molecule has 2 aliphatic rings. The Morgan fingerprint density at radius 1 is 0.836 bits per heavy atom. The second-order valence-electron chi connectivity index (χ2n) is 16.8. The number of hydrogen-bond acceptors (Lipinski definition) is 12. The molecule has 1 atom stereocenters. The highest BCUT2D eigenvalue weighted by Crippen LogP contribution is 2.32. The van der Waals surface area contributed by atoms with Gasteiger partial charge < -0.3 is 30.4 Å². The molecule has 2 fully saturated rings. The lowest BCUT2D eigenvalue weighted by Gasteiger charge is -2.37. The molecule has 6 aromatic rings. The van der Waals surface area contributed by atoms with E-state index in [1.165, 1.54) is 11.1 Å². The van der Waals surface area contributed by atoms with E-state index in [2.05, 4.69) is 47.3 Å². The van der Waals surface area contributed by atoms with Crippen molar-refractivity contribution < 1.29 is 26.7 Å². The fourth-order valence-corrected chi connectivity index (χ4v) is 10.9. The maximum atomic E-state index is 13.7. The second kappa shape index (κ2) is 22.0. The fourth-order valence-electron chi connectivity index (χ4n) is 8.41. The van der Waals surface area contributed by atoms with Crippen molar-refractivity contribution >= 4 is 72.7 Å². The van der Waals surface area contributed by atoms with Crippen LogP contribution in [0.2, 0.25) is 5.02 Å². The molecule has 14 nitrogen and oxygen atoms in total. The molecule has 2 saturated heterocycles. The van der Waals surface area contributed by atoms with Crippen LogP contribution < -0.4 is 25.2 Å². The third-order valence-electron chi connectivity index (χ3n) is 12.1. The molecule has 2 aliphatic heterocycles. The Morgan fingerprint density at radius 2 is 1.52 bits per heavy atom. The van der Waals surface area contributed by atoms with Crippen molar-refractivity contribution in [2.45, 2.75) is 48.1 Å². The number of carbonyl (C=O) groups excluding carboxylic acids is 1. The van der Waals surface area contributed by atoms with Crippen LogP contribution in [0.4, 0.5) is 22.7 Å². The minimum absolute atomic E-state index is 0.148. The summed E-state index contributed by atoms with van der Waals surface area (Å²) in [5.74, 6) is -0.186. The third-order valence-corrected chi connectivity index (χ3v) is 15.3. The molecule has 8 rings (SSSR count). The number of rotatable bonds is 18. The molecule has 4 N–H and O–H groups in total. The number of thiol groups is 1. The van der Waals surface area contributed by atoms with Gasteiger partial charge in [0.25, 0.3) is 15.9 Å². The SMILES string of the molecule is Cc1cc(S(=O)(=O)Nc2ccc(N3CCN(c4cccc(-c5c(C(=O)NC[SH](=O)=O)cnn5-c5ccc(Cl)cc5)c4)CC3)cc2)ccc1N[C@H](CCN1CCC(O)CC1)CSc1ccccc1. The van der Waals surface area contributed by atoms with Crippen LogP contribution in [0.1, 0.15) is 35.2 Å². The number of aliphatic hydroxyl groups excluding tert-OH is 1. The summed E-state index contributed by atoms with van der Waals surface area (Å²) in [5, 5.41) is 21.2. The van der Waals surface area contributed by atoms with Crippen molar-refractivity contribution in [3.8, 4) is 16.9 Å². The van der Waals surface area contributed by atoms with Crippen LogP contribution in [0.15, 0.2) is 137 Å². The molecule has 1 aromatic heterocycles. The Morgan fingerprint density at radius 3 is 2.21 bits per heavy atom. The number of hydrogen-bond donors (Lipinski definition) is 5. The number of aliphatic hydroxyl groups is 1. The van der Waals surface area contributed by atoms with Crippen LogP contribution >= 0.6 is 23.4 Å². The minimum atomic E-state index is -3.87. The normalized spacial score (nSPS) is 15.4. The maximum Gasteiger partial charge on any atom is 0.261 e. The first-order valence-electron chi connectivity index (χ1n) is 22.3. The highest BCUT2D eigenvalue weighted by Gasteiger charge is 2.24. The number of amides is 1. The number of carbonyl (C=O) groups is 1. The number of sulfonamides is 1. The molecule has 0 aliphatic carbocycles. The Balaban J connectivity index is 0.889. The summed E-state index contributed by atoms with van der Waals surface area (Å²) in [4.78, 5) is 21.5. The number of benzene rings is 5. The maximum absolute atomic E-state index is 13.7. The van der Waals surface area contributed by atoms with Gasteiger partial charge in [0.2, 0.25) is 0 Å². The number of nitrogens with one attached hydrogen (secondary N) is 3. The predicted octanol–water partition coefficient (Wildman–Crippen LogP) is 7.35. The molecule has 352 valence electrons. The average molecular weight is 984 g/mol. The number of thioether (sulfide) groups is 1. The van der Waals surface area contributed by atoms with E-state index >= 15 is 0 Å². The molecule has 0 unspecified atom stereocenters. The molecule has 67 heavy (non-hydrogen) atoms. The number of piperazine rings is 1. The van der Waals surface area contributed by atoms with Gasteiger partial charge in [-0.25, -0.2) is 21.5 Å². The number of anilines is 4. The first-order valence-corrected chi connectivity index (χ1v) is 26.5. The van der Waals surface area contributed by atoms with E-state index < -0.39 is 32.5 Å². The number of likely N-dealkylation sites (tertiary alicyclic amines) is 1. The van der Waals surface area contributed by atoms with E-state index in [0.717, 1.165) is 72.8 Å². The van der Waals surface area contributed by atoms with Crippen LogP contribution in [-0.4, -0.2) is 112 Å². The van der Waals surface area contributed by atoms with Gasteiger partial charge in [-0.05, 0) is 123 Å². The summed E-state index contributed by atoms with van der Waals surface area (Å²) >= 11 is 7.96. The van der Waals surface area contributed by atoms with Crippen LogP contribution in [-0.2, 0) is 20.7 Å². The second-order valence-corrected chi connectivity index (χ2v) is 21.0. The Labute approximate surface area is 403 Å². The molecule has 0 spiro atoms. The van der Waals surface area contributed by atoms with E-state index in [0.29, 0.717) is 48.3 Å². The fraction of sp³-hybridized carbons (Fsp3) is 0.306. The van der Waals surface area contributed by atoms with Gasteiger partial charge in [0.15, 0.2) is 10.7 Å². The number of aryl methyl sites for hydroxylation is 1. The van der Waals surface area contributed by atoms with E-state index in [9.17, 15) is 26.7 Å². The van der Waals surface area contributed by atoms with E-state index in [-0.39, 0.29) is 22.6 Å². The summed E-state index contributed by atoms with van der Waals surface area (Å²) in [6, 6.07) is 38.1. The first kappa shape index (κ1) is 47.9. The van der Waals surface area contributed by atoms with Crippen LogP contribution in [0.25, 0.3) is 16.9 Å². The first-order chi connectivity index (χ1) is 32.4. The van der Waals surface area contributed by atoms with Gasteiger partial charge in [0.05, 0.1) is 34.1 Å². The summed E-state index contributed by atoms with van der Waals surface area (Å²) in [6.07, 6.45) is 3.75. The summed E-state index contributed by atoms with van der Waals surface area (Å²) in [7, 11) is -6.68. The van der Waals surface area contributed by atoms with Gasteiger partial charge in [-0.1, -0.05) is 41.9 Å². The Hall–Kier alpha value is -5.56. The standard InChI is InChI=1S/C49H55ClN8O6S3/c1-35-30-45(18-19-47(35)53-39(33-65-44-8-3-2-4-9-44)20-23-55-24-21-43(59)22-25-55)67(63,64)54-38-12-16-40(17-13-38)56-26-28-57(29-27-56)42-7-5-6-36(31-42)48-46(49(60)51-34-66(61)62)32-52-58(48)41-14-10-37(50)11-15-41/h2-19,30-32,39,43,53-54,59,66H,20-29,33-34H2,1H3,(H,51,60)/t39-/m1/s1. The molecule has 5 aromatic carbocycles. The highest BCUT2D eigenvalue weighted by atomic mass is 35.5. The minimum Gasteiger partial charge on any atom is -0.393 e. The average Bonchev–Trinajstić information content (AvgIpc) is 3.79. The van der Waals surface area contributed by atoms with Gasteiger partial charge in [0, 0.05) is 95.8 Å². The van der Waals surface area contributed by atoms with Crippen molar-refractivity contribution in [1.82, 2.24) is 20.0 Å². The zero-order valence-corrected chi connectivity index (χ0v) is 40.4. The molecular formula is C49H55ClN8O6S3. The lowest BCUT2D eigenvalue weighted by molar-refractivity contribution is 0.0817. The quantitative estimate of drug-likeness (QED) is 0.0430. The largest absolute Gasteiger partial charge is 0.393 e. The molecule has 18 heteroatoms. The van der Waals surface area contributed by atoms with Gasteiger partial charge in [-0.2, -0.15) is 5.10 Å². The highest BCUT2D eigenvalue weighted by molar-refractivity contribution is 7.99. The van der Waals surface area contributed by atoms with E-state index in [1.54, 1.807) is 65.0 Å². The lowest BCUT2D eigenvalue weighted by atomic mass is 10.1. The van der Waals surface area contributed by atoms with Crippen molar-refractivity contribution in [1.29, 1.82) is 0 Å². The van der Waals surface area contributed by atoms with Crippen molar-refractivity contribution in [2.75, 3.05) is 77.3 Å². The van der Waals surface area contributed by atoms with Gasteiger partial charge >= 0.3 is 0 Å². The zero-order valence-electron chi connectivity index (χ0n) is 37.1. The molecule has 0 bridgehead atoms. The van der Waals surface area contributed by atoms with Crippen molar-refractivity contribution in [3.63, 3.8) is 0 Å². The van der Waals surface area contributed by atoms with Gasteiger partial charge in [0.1, 0.15) is 5.88 Å². The Bertz CT molecular complexity index is 2810. The predicted molar refractivity (Wildman–Crippen MR) is 270 cm³/mol. The topological polar surface area (TPSA) is 169 Å². The number of nitrogens with zero attached hydrogens (tertiary/aromatic N) is 5. The monoisotopic (exact) mass is 982 g/mol. The zero-order chi connectivity index (χ0) is 46.9. The summed E-state index contributed by atoms with van der Waals surface area (Å²) < 4.78 is 54.3. The number of piperidine rings is 1. The summed E-state index contributed by atoms with van der Waals surface area (Å²) in [6.45, 7) is 7.48. The molecule has 1 amide bonds. The smallest absolute Gasteiger partial charge is 0.261 e. The van der Waals surface area contributed by atoms with Crippen molar-refractivity contribution in [2.24, 2.45) is 0 Å². The van der Waals surface area contributed by atoms with E-state index in [4.69, 9.17) is 11.6 Å². The number of aromatic nitrogens is 2. The molecule has 0 radical (unpaired) electrons. The van der Waals surface area contributed by atoms with Crippen LogP contribution in [0.3, 0.4) is 0 Å². The Kier molecular flexibility index (Phi) is 15.8. The third kappa shape index (κ3) is 12.5. The van der Waals surface area contributed by atoms with E-state index in [1.807, 2.05) is 67.6 Å². The number of halogens is 1. The van der Waals surface area contributed by atoms with Crippen LogP contribution in [0.5, 0.6) is 0 Å². The van der Waals surface area contributed by atoms with Crippen LogP contribution in [0, 0.1) is 6.92 Å². The molecule has 0 saturated carbocycles. The molecule has 3 heterocycles. The van der Waals surface area contributed by atoms with Gasteiger partial charge in [-0.15, -0.1) is 11.8 Å².